The van der Waals surface area contributed by atoms with Gasteiger partial charge >= 0.3 is 0 Å². The number of ether oxygens (including phenoxy) is 1. The van der Waals surface area contributed by atoms with Crippen molar-refractivity contribution in [3.8, 4) is 5.75 Å². The number of hydrogen-bond donors (Lipinski definition) is 2. The predicted octanol–water partition coefficient (Wildman–Crippen LogP) is 4.24. The Balaban J connectivity index is 1.67. The van der Waals surface area contributed by atoms with Gasteiger partial charge in [-0.3, -0.25) is 0 Å². The van der Waals surface area contributed by atoms with E-state index >= 15 is 0 Å². The Kier molecular flexibility index (Phi) is 7.28. The number of nitrogens with one attached hydrogen (secondary N) is 2. The van der Waals surface area contributed by atoms with Gasteiger partial charge in [-0.1, -0.05) is 24.3 Å². The molecule has 0 aliphatic heterocycles. The van der Waals surface area contributed by atoms with Crippen molar-refractivity contribution in [1.29, 1.82) is 0 Å². The molecule has 2 N–H and O–H groups in total. The summed E-state index contributed by atoms with van der Waals surface area (Å²) in [6.07, 6.45) is 5.70. The van der Waals surface area contributed by atoms with Gasteiger partial charge in [-0.15, -0.1) is 0 Å². The van der Waals surface area contributed by atoms with Crippen LogP contribution >= 0.6 is 0 Å². The third kappa shape index (κ3) is 6.68. The highest BCUT2D eigenvalue weighted by molar-refractivity contribution is 5.93. The molecule has 0 amide bonds. The van der Waals surface area contributed by atoms with Crippen molar-refractivity contribution >= 4 is 11.6 Å². The molecule has 0 aliphatic carbocycles. The van der Waals surface area contributed by atoms with Crippen molar-refractivity contribution in [3.05, 3.63) is 78.4 Å². The van der Waals surface area contributed by atoms with Gasteiger partial charge < -0.3 is 19.9 Å². The molecule has 0 aliphatic rings. The van der Waals surface area contributed by atoms with Crippen LogP contribution in [0.2, 0.25) is 0 Å². The van der Waals surface area contributed by atoms with E-state index in [2.05, 4.69) is 34.7 Å². The van der Waals surface area contributed by atoms with E-state index < -0.39 is 0 Å². The van der Waals surface area contributed by atoms with Crippen LogP contribution in [0.3, 0.4) is 0 Å². The average Bonchev–Trinajstić information content (AvgIpc) is 3.21. The molecule has 3 aromatic rings. The van der Waals surface area contributed by atoms with Gasteiger partial charge in [-0.25, -0.2) is 9.98 Å². The molecule has 29 heavy (non-hydrogen) atoms. The lowest BCUT2D eigenvalue weighted by Crippen LogP contribution is -2.33. The van der Waals surface area contributed by atoms with Crippen molar-refractivity contribution in [2.75, 3.05) is 11.9 Å². The molecule has 0 atom stereocenters. The first-order valence-corrected chi connectivity index (χ1v) is 9.92. The number of guanidine groups is 1. The third-order valence-corrected chi connectivity index (χ3v) is 4.38. The smallest absolute Gasteiger partial charge is 0.196 e. The fourth-order valence-electron chi connectivity index (χ4n) is 2.84. The Bertz CT molecular complexity index is 901. The van der Waals surface area contributed by atoms with Crippen LogP contribution in [-0.4, -0.2) is 28.2 Å². The first-order valence-electron chi connectivity index (χ1n) is 9.92. The zero-order valence-corrected chi connectivity index (χ0v) is 17.3. The number of aliphatic imine (C=N–C) groups is 1. The van der Waals surface area contributed by atoms with Gasteiger partial charge in [0, 0.05) is 31.2 Å². The summed E-state index contributed by atoms with van der Waals surface area (Å²) in [5.74, 6) is 1.60. The molecular weight excluding hydrogens is 362 g/mol. The molecule has 0 unspecified atom stereocenters. The van der Waals surface area contributed by atoms with Gasteiger partial charge in [0.2, 0.25) is 0 Å². The van der Waals surface area contributed by atoms with Crippen LogP contribution in [-0.2, 0) is 13.1 Å². The minimum absolute atomic E-state index is 0.157. The number of aryl methyl sites for hydroxylation is 1. The normalized spacial score (nSPS) is 11.5. The quantitative estimate of drug-likeness (QED) is 0.445. The van der Waals surface area contributed by atoms with Crippen LogP contribution in [0.4, 0.5) is 5.69 Å². The lowest BCUT2D eigenvalue weighted by atomic mass is 10.1. The Morgan fingerprint density at radius 1 is 1.14 bits per heavy atom. The van der Waals surface area contributed by atoms with E-state index in [0.717, 1.165) is 30.5 Å². The summed E-state index contributed by atoms with van der Waals surface area (Å²) in [4.78, 5) is 8.86. The van der Waals surface area contributed by atoms with Crippen LogP contribution in [0, 0.1) is 6.92 Å². The number of anilines is 1. The average molecular weight is 392 g/mol. The van der Waals surface area contributed by atoms with E-state index in [-0.39, 0.29) is 6.10 Å². The van der Waals surface area contributed by atoms with E-state index in [1.165, 1.54) is 11.1 Å². The van der Waals surface area contributed by atoms with Gasteiger partial charge in [0.05, 0.1) is 19.0 Å². The molecular formula is C23H29N5O. The second-order valence-electron chi connectivity index (χ2n) is 7.13. The minimum atomic E-state index is 0.157. The maximum atomic E-state index is 5.72. The van der Waals surface area contributed by atoms with E-state index in [9.17, 15) is 0 Å². The van der Waals surface area contributed by atoms with Gasteiger partial charge in [-0.2, -0.15) is 0 Å². The topological polar surface area (TPSA) is 63.5 Å². The molecule has 2 aromatic carbocycles. The zero-order chi connectivity index (χ0) is 20.5. The molecule has 0 fully saturated rings. The summed E-state index contributed by atoms with van der Waals surface area (Å²) in [7, 11) is 0. The van der Waals surface area contributed by atoms with Crippen molar-refractivity contribution in [2.24, 2.45) is 4.99 Å². The van der Waals surface area contributed by atoms with Crippen LogP contribution in [0.25, 0.3) is 0 Å². The fraction of sp³-hybridized carbons (Fsp3) is 0.304. The zero-order valence-electron chi connectivity index (χ0n) is 17.3. The van der Waals surface area contributed by atoms with E-state index in [0.29, 0.717) is 6.54 Å². The Hall–Kier alpha value is -3.28. The van der Waals surface area contributed by atoms with Crippen molar-refractivity contribution in [2.45, 2.75) is 40.0 Å². The van der Waals surface area contributed by atoms with Gasteiger partial charge in [0.25, 0.3) is 0 Å². The minimum Gasteiger partial charge on any atom is -0.491 e. The summed E-state index contributed by atoms with van der Waals surface area (Å²) < 4.78 is 7.75. The molecule has 1 heterocycles. The summed E-state index contributed by atoms with van der Waals surface area (Å²) >= 11 is 0. The summed E-state index contributed by atoms with van der Waals surface area (Å²) in [5, 5.41) is 6.79. The molecule has 0 saturated carbocycles. The maximum absolute atomic E-state index is 5.72. The Labute approximate surface area is 172 Å². The number of imidazole rings is 1. The lowest BCUT2D eigenvalue weighted by molar-refractivity contribution is 0.242. The summed E-state index contributed by atoms with van der Waals surface area (Å²) in [6, 6.07) is 16.2. The molecule has 6 heteroatoms. The third-order valence-electron chi connectivity index (χ3n) is 4.38. The fourth-order valence-corrected chi connectivity index (χ4v) is 2.84. The molecule has 0 radical (unpaired) electrons. The monoisotopic (exact) mass is 391 g/mol. The molecule has 152 valence electrons. The van der Waals surface area contributed by atoms with Gasteiger partial charge in [-0.05, 0) is 56.2 Å². The van der Waals surface area contributed by atoms with Crippen LogP contribution < -0.4 is 15.4 Å². The molecule has 0 saturated heterocycles. The van der Waals surface area contributed by atoms with Gasteiger partial charge in [0.15, 0.2) is 5.96 Å². The molecule has 3 rings (SSSR count). The number of nitrogens with zero attached hydrogens (tertiary/aromatic N) is 3. The highest BCUT2D eigenvalue weighted by Crippen LogP contribution is 2.17. The lowest BCUT2D eigenvalue weighted by Gasteiger charge is -2.14. The number of benzene rings is 2. The van der Waals surface area contributed by atoms with Crippen molar-refractivity contribution in [1.82, 2.24) is 14.9 Å². The largest absolute Gasteiger partial charge is 0.491 e. The predicted molar refractivity (Wildman–Crippen MR) is 118 cm³/mol. The standard InChI is InChI=1S/C23H29N5O/c1-18(2)29-22-10-8-21(9-11-22)27-23(25-13-15-28-14-12-24-17-28)26-16-20-7-5-4-6-19(20)3/h4-12,14,17-18H,13,15-16H2,1-3H3,(H2,25,26,27). The van der Waals surface area contributed by atoms with Crippen molar-refractivity contribution in [3.63, 3.8) is 0 Å². The number of aromatic nitrogens is 2. The van der Waals surface area contributed by atoms with Crippen LogP contribution in [0.1, 0.15) is 25.0 Å². The maximum Gasteiger partial charge on any atom is 0.196 e. The number of rotatable bonds is 8. The molecule has 0 bridgehead atoms. The SMILES string of the molecule is Cc1ccccc1CN=C(NCCn1ccnc1)Nc1ccc(OC(C)C)cc1. The highest BCUT2D eigenvalue weighted by atomic mass is 16.5. The first-order chi connectivity index (χ1) is 14.1. The Morgan fingerprint density at radius 2 is 1.93 bits per heavy atom. The molecule has 6 nitrogen and oxygen atoms in total. The molecule has 0 spiro atoms. The van der Waals surface area contributed by atoms with E-state index in [4.69, 9.17) is 9.73 Å². The van der Waals surface area contributed by atoms with E-state index in [1.807, 2.05) is 67.3 Å². The van der Waals surface area contributed by atoms with Crippen LogP contribution in [0.5, 0.6) is 5.75 Å². The summed E-state index contributed by atoms with van der Waals surface area (Å²) in [6.45, 7) is 8.32. The highest BCUT2D eigenvalue weighted by Gasteiger charge is 2.03. The van der Waals surface area contributed by atoms with Crippen LogP contribution in [0.15, 0.2) is 72.2 Å². The summed E-state index contributed by atoms with van der Waals surface area (Å²) in [5.41, 5.74) is 3.41. The van der Waals surface area contributed by atoms with Crippen molar-refractivity contribution < 1.29 is 4.74 Å². The first kappa shape index (κ1) is 20.5. The molecule has 1 aromatic heterocycles. The van der Waals surface area contributed by atoms with Gasteiger partial charge in [0.1, 0.15) is 5.75 Å². The van der Waals surface area contributed by atoms with E-state index in [1.54, 1.807) is 6.20 Å². The number of hydrogen-bond acceptors (Lipinski definition) is 3. The Morgan fingerprint density at radius 3 is 2.62 bits per heavy atom. The second-order valence-corrected chi connectivity index (χ2v) is 7.13. The second kappa shape index (κ2) is 10.3.